The number of piperazine rings is 1. The first-order valence-corrected chi connectivity index (χ1v) is 8.28. The van der Waals surface area contributed by atoms with E-state index in [1.54, 1.807) is 6.92 Å². The standard InChI is InChI=1S/C18H19N5O2/c1-14-19-20-18(25-14)23-11-9-22(10-12-23)17(24)15-5-4-6-16(13-15)21-7-2-3-8-21/h2-8,13H,9-12H2,1H3. The van der Waals surface area contributed by atoms with Crippen LogP contribution in [-0.4, -0.2) is 51.8 Å². The molecular formula is C18H19N5O2. The summed E-state index contributed by atoms with van der Waals surface area (Å²) in [6.45, 7) is 4.41. The SMILES string of the molecule is Cc1nnc(N2CCN(C(=O)c3cccc(-n4cccc4)c3)CC2)o1. The predicted molar refractivity (Wildman–Crippen MR) is 92.9 cm³/mol. The first kappa shape index (κ1) is 15.4. The fraction of sp³-hybridized carbons (Fsp3) is 0.278. The van der Waals surface area contributed by atoms with Crippen molar-refractivity contribution in [2.75, 3.05) is 31.1 Å². The summed E-state index contributed by atoms with van der Waals surface area (Å²) in [5.74, 6) is 0.602. The van der Waals surface area contributed by atoms with E-state index in [1.807, 2.05) is 63.2 Å². The summed E-state index contributed by atoms with van der Waals surface area (Å²) in [5.41, 5.74) is 1.68. The van der Waals surface area contributed by atoms with Crippen LogP contribution in [0.5, 0.6) is 0 Å². The molecule has 1 fully saturated rings. The third kappa shape index (κ3) is 3.13. The average molecular weight is 337 g/mol. The molecule has 1 saturated heterocycles. The normalized spacial score (nSPS) is 14.8. The van der Waals surface area contributed by atoms with Crippen LogP contribution in [0.3, 0.4) is 0 Å². The smallest absolute Gasteiger partial charge is 0.318 e. The van der Waals surface area contributed by atoms with Crippen LogP contribution in [0.1, 0.15) is 16.2 Å². The number of aryl methyl sites for hydroxylation is 1. The van der Waals surface area contributed by atoms with Crippen LogP contribution < -0.4 is 4.90 Å². The van der Waals surface area contributed by atoms with Crippen molar-refractivity contribution in [1.82, 2.24) is 19.7 Å². The van der Waals surface area contributed by atoms with E-state index < -0.39 is 0 Å². The molecular weight excluding hydrogens is 318 g/mol. The quantitative estimate of drug-likeness (QED) is 0.732. The number of rotatable bonds is 3. The highest BCUT2D eigenvalue weighted by atomic mass is 16.4. The molecule has 3 aromatic rings. The van der Waals surface area contributed by atoms with E-state index >= 15 is 0 Å². The van der Waals surface area contributed by atoms with Crippen LogP contribution >= 0.6 is 0 Å². The number of hydrogen-bond donors (Lipinski definition) is 0. The van der Waals surface area contributed by atoms with Crippen molar-refractivity contribution in [3.63, 3.8) is 0 Å². The molecule has 0 unspecified atom stereocenters. The average Bonchev–Trinajstić information content (AvgIpc) is 3.33. The van der Waals surface area contributed by atoms with Crippen LogP contribution in [0.25, 0.3) is 5.69 Å². The molecule has 4 rings (SSSR count). The van der Waals surface area contributed by atoms with Gasteiger partial charge in [-0.15, -0.1) is 5.10 Å². The molecule has 0 saturated carbocycles. The number of benzene rings is 1. The second-order valence-corrected chi connectivity index (χ2v) is 6.02. The Labute approximate surface area is 145 Å². The Morgan fingerprint density at radius 2 is 1.80 bits per heavy atom. The fourth-order valence-corrected chi connectivity index (χ4v) is 3.00. The molecule has 0 bridgehead atoms. The summed E-state index contributed by atoms with van der Waals surface area (Å²) in [7, 11) is 0. The van der Waals surface area contributed by atoms with Crippen molar-refractivity contribution in [3.8, 4) is 5.69 Å². The molecule has 0 atom stereocenters. The third-order valence-corrected chi connectivity index (χ3v) is 4.35. The topological polar surface area (TPSA) is 67.4 Å². The summed E-state index contributed by atoms with van der Waals surface area (Å²) in [5, 5.41) is 7.90. The summed E-state index contributed by atoms with van der Waals surface area (Å²) in [6, 6.07) is 12.2. The van der Waals surface area contributed by atoms with Gasteiger partial charge in [-0.1, -0.05) is 11.2 Å². The Kier molecular flexibility index (Phi) is 3.97. The number of hydrogen-bond acceptors (Lipinski definition) is 5. The molecule has 0 aliphatic carbocycles. The van der Waals surface area contributed by atoms with E-state index in [9.17, 15) is 4.79 Å². The minimum absolute atomic E-state index is 0.0513. The zero-order valence-corrected chi connectivity index (χ0v) is 14.0. The maximum absolute atomic E-state index is 12.8. The Balaban J connectivity index is 1.45. The second-order valence-electron chi connectivity index (χ2n) is 6.02. The molecule has 1 aliphatic heterocycles. The van der Waals surface area contributed by atoms with E-state index in [0.29, 0.717) is 43.6 Å². The lowest BCUT2D eigenvalue weighted by atomic mass is 10.1. The largest absolute Gasteiger partial charge is 0.408 e. The molecule has 0 radical (unpaired) electrons. The van der Waals surface area contributed by atoms with Gasteiger partial charge in [0.1, 0.15) is 0 Å². The van der Waals surface area contributed by atoms with Crippen molar-refractivity contribution >= 4 is 11.9 Å². The Morgan fingerprint density at radius 3 is 2.48 bits per heavy atom. The van der Waals surface area contributed by atoms with Gasteiger partial charge in [0.15, 0.2) is 0 Å². The number of nitrogens with zero attached hydrogens (tertiary/aromatic N) is 5. The first-order chi connectivity index (χ1) is 12.2. The van der Waals surface area contributed by atoms with Gasteiger partial charge in [-0.2, -0.15) is 0 Å². The molecule has 1 amide bonds. The number of amides is 1. The second kappa shape index (κ2) is 6.43. The Morgan fingerprint density at radius 1 is 1.04 bits per heavy atom. The molecule has 7 heteroatoms. The van der Waals surface area contributed by atoms with Gasteiger partial charge in [0, 0.05) is 56.7 Å². The number of aromatic nitrogens is 3. The summed E-state index contributed by atoms with van der Waals surface area (Å²) >= 11 is 0. The van der Waals surface area contributed by atoms with E-state index in [1.165, 1.54) is 0 Å². The van der Waals surface area contributed by atoms with Crippen LogP contribution in [0.15, 0.2) is 53.2 Å². The summed E-state index contributed by atoms with van der Waals surface area (Å²) in [4.78, 5) is 16.7. The molecule has 2 aromatic heterocycles. The van der Waals surface area contributed by atoms with Crippen LogP contribution in [-0.2, 0) is 0 Å². The van der Waals surface area contributed by atoms with Crippen molar-refractivity contribution in [2.24, 2.45) is 0 Å². The van der Waals surface area contributed by atoms with Crippen LogP contribution in [0.2, 0.25) is 0 Å². The maximum atomic E-state index is 12.8. The van der Waals surface area contributed by atoms with Crippen molar-refractivity contribution in [3.05, 3.63) is 60.2 Å². The Hall–Kier alpha value is -3.09. The highest BCUT2D eigenvalue weighted by molar-refractivity contribution is 5.95. The van der Waals surface area contributed by atoms with Crippen LogP contribution in [0, 0.1) is 6.92 Å². The van der Waals surface area contributed by atoms with Gasteiger partial charge in [-0.3, -0.25) is 4.79 Å². The van der Waals surface area contributed by atoms with E-state index in [4.69, 9.17) is 4.42 Å². The number of carbonyl (C=O) groups excluding carboxylic acids is 1. The molecule has 3 heterocycles. The lowest BCUT2D eigenvalue weighted by Gasteiger charge is -2.33. The van der Waals surface area contributed by atoms with Gasteiger partial charge in [-0.05, 0) is 30.3 Å². The van der Waals surface area contributed by atoms with E-state index in [0.717, 1.165) is 5.69 Å². The molecule has 7 nitrogen and oxygen atoms in total. The van der Waals surface area contributed by atoms with Crippen molar-refractivity contribution in [2.45, 2.75) is 6.92 Å². The minimum Gasteiger partial charge on any atom is -0.408 e. The molecule has 1 aromatic carbocycles. The lowest BCUT2D eigenvalue weighted by Crippen LogP contribution is -2.49. The molecule has 25 heavy (non-hydrogen) atoms. The van der Waals surface area contributed by atoms with Gasteiger partial charge in [-0.25, -0.2) is 0 Å². The zero-order valence-electron chi connectivity index (χ0n) is 14.0. The molecule has 1 aliphatic rings. The van der Waals surface area contributed by atoms with E-state index in [-0.39, 0.29) is 5.91 Å². The first-order valence-electron chi connectivity index (χ1n) is 8.28. The fourth-order valence-electron chi connectivity index (χ4n) is 3.00. The highest BCUT2D eigenvalue weighted by Gasteiger charge is 2.24. The highest BCUT2D eigenvalue weighted by Crippen LogP contribution is 2.17. The van der Waals surface area contributed by atoms with Gasteiger partial charge < -0.3 is 18.8 Å². The van der Waals surface area contributed by atoms with Gasteiger partial charge >= 0.3 is 6.01 Å². The summed E-state index contributed by atoms with van der Waals surface area (Å²) in [6.07, 6.45) is 3.93. The maximum Gasteiger partial charge on any atom is 0.318 e. The molecule has 128 valence electrons. The number of carbonyl (C=O) groups is 1. The van der Waals surface area contributed by atoms with Gasteiger partial charge in [0.2, 0.25) is 5.89 Å². The van der Waals surface area contributed by atoms with E-state index in [2.05, 4.69) is 10.2 Å². The van der Waals surface area contributed by atoms with Crippen molar-refractivity contribution < 1.29 is 9.21 Å². The van der Waals surface area contributed by atoms with Gasteiger partial charge in [0.25, 0.3) is 5.91 Å². The monoisotopic (exact) mass is 337 g/mol. The summed E-state index contributed by atoms with van der Waals surface area (Å²) < 4.78 is 7.45. The lowest BCUT2D eigenvalue weighted by molar-refractivity contribution is 0.0745. The van der Waals surface area contributed by atoms with Crippen LogP contribution in [0.4, 0.5) is 6.01 Å². The predicted octanol–water partition coefficient (Wildman–Crippen LogP) is 2.13. The zero-order chi connectivity index (χ0) is 17.2. The molecule has 0 spiro atoms. The number of anilines is 1. The molecule has 0 N–H and O–H groups in total. The van der Waals surface area contributed by atoms with Gasteiger partial charge in [0.05, 0.1) is 0 Å². The third-order valence-electron chi connectivity index (χ3n) is 4.35. The Bertz CT molecular complexity index is 863. The minimum atomic E-state index is 0.0513. The van der Waals surface area contributed by atoms with Crippen molar-refractivity contribution in [1.29, 1.82) is 0 Å².